The second-order valence-electron chi connectivity index (χ2n) is 4.54. The quantitative estimate of drug-likeness (QED) is 0.705. The van der Waals surface area contributed by atoms with Gasteiger partial charge in [-0.25, -0.2) is 0 Å². The third-order valence-electron chi connectivity index (χ3n) is 3.83. The number of aliphatic carboxylic acids is 1. The van der Waals surface area contributed by atoms with Gasteiger partial charge in [0, 0.05) is 0 Å². The normalized spacial score (nSPS) is 41.2. The van der Waals surface area contributed by atoms with Crippen molar-refractivity contribution in [3.05, 3.63) is 0 Å². The highest BCUT2D eigenvalue weighted by Gasteiger charge is 2.50. The predicted molar refractivity (Wildman–Crippen MR) is 56.7 cm³/mol. The SMILES string of the molecule is CC1(C(=O)O)NCC2CCCCC21.Cl. The summed E-state index contributed by atoms with van der Waals surface area (Å²) in [7, 11) is 0. The molecule has 0 aromatic carbocycles. The highest BCUT2D eigenvalue weighted by atomic mass is 35.5. The lowest BCUT2D eigenvalue weighted by Gasteiger charge is -2.32. The molecule has 1 saturated carbocycles. The van der Waals surface area contributed by atoms with Crippen molar-refractivity contribution in [1.29, 1.82) is 0 Å². The molecule has 2 N–H and O–H groups in total. The van der Waals surface area contributed by atoms with Gasteiger partial charge in [0.1, 0.15) is 5.54 Å². The molecule has 14 heavy (non-hydrogen) atoms. The lowest BCUT2D eigenvalue weighted by Crippen LogP contribution is -2.49. The number of halogens is 1. The van der Waals surface area contributed by atoms with Crippen molar-refractivity contribution >= 4 is 18.4 Å². The van der Waals surface area contributed by atoms with Gasteiger partial charge in [-0.1, -0.05) is 12.8 Å². The van der Waals surface area contributed by atoms with Crippen LogP contribution in [-0.2, 0) is 4.79 Å². The summed E-state index contributed by atoms with van der Waals surface area (Å²) in [5.41, 5.74) is -0.648. The molecule has 4 heteroatoms. The van der Waals surface area contributed by atoms with Crippen molar-refractivity contribution in [2.24, 2.45) is 11.8 Å². The molecule has 82 valence electrons. The lowest BCUT2D eigenvalue weighted by molar-refractivity contribution is -0.145. The molecule has 0 aromatic heterocycles. The van der Waals surface area contributed by atoms with Gasteiger partial charge in [-0.2, -0.15) is 0 Å². The van der Waals surface area contributed by atoms with Gasteiger partial charge in [-0.15, -0.1) is 12.4 Å². The van der Waals surface area contributed by atoms with E-state index < -0.39 is 11.5 Å². The average Bonchev–Trinajstić information content (AvgIpc) is 2.47. The number of hydrogen-bond donors (Lipinski definition) is 2. The van der Waals surface area contributed by atoms with Crippen LogP contribution >= 0.6 is 12.4 Å². The Labute approximate surface area is 90.7 Å². The topological polar surface area (TPSA) is 49.3 Å². The summed E-state index contributed by atoms with van der Waals surface area (Å²) < 4.78 is 0. The number of rotatable bonds is 1. The van der Waals surface area contributed by atoms with Crippen molar-refractivity contribution in [2.75, 3.05) is 6.54 Å². The largest absolute Gasteiger partial charge is 0.480 e. The van der Waals surface area contributed by atoms with Crippen molar-refractivity contribution in [3.8, 4) is 0 Å². The molecule has 0 bridgehead atoms. The maximum absolute atomic E-state index is 11.1. The molecule has 0 spiro atoms. The summed E-state index contributed by atoms with van der Waals surface area (Å²) in [4.78, 5) is 11.1. The molecule has 0 aromatic rings. The first-order valence-corrected chi connectivity index (χ1v) is 5.13. The smallest absolute Gasteiger partial charge is 0.323 e. The summed E-state index contributed by atoms with van der Waals surface area (Å²) in [6.07, 6.45) is 4.77. The minimum absolute atomic E-state index is 0. The Morgan fingerprint density at radius 2 is 2.07 bits per heavy atom. The Hall–Kier alpha value is -0.280. The first-order valence-electron chi connectivity index (χ1n) is 5.13. The van der Waals surface area contributed by atoms with E-state index in [1.165, 1.54) is 19.3 Å². The van der Waals surface area contributed by atoms with E-state index in [0.717, 1.165) is 13.0 Å². The van der Waals surface area contributed by atoms with E-state index in [0.29, 0.717) is 11.8 Å². The van der Waals surface area contributed by atoms with Gasteiger partial charge in [0.15, 0.2) is 0 Å². The van der Waals surface area contributed by atoms with E-state index in [2.05, 4.69) is 5.32 Å². The number of carbonyl (C=O) groups is 1. The van der Waals surface area contributed by atoms with E-state index in [1.807, 2.05) is 6.92 Å². The van der Waals surface area contributed by atoms with Gasteiger partial charge in [-0.05, 0) is 38.1 Å². The molecular formula is C10H18ClNO2. The van der Waals surface area contributed by atoms with E-state index in [1.54, 1.807) is 0 Å². The molecule has 3 nitrogen and oxygen atoms in total. The molecule has 0 amide bonds. The van der Waals surface area contributed by atoms with Gasteiger partial charge >= 0.3 is 5.97 Å². The summed E-state index contributed by atoms with van der Waals surface area (Å²) in [6.45, 7) is 2.73. The molecule has 2 aliphatic rings. The van der Waals surface area contributed by atoms with Gasteiger partial charge in [-0.3, -0.25) is 4.79 Å². The Balaban J connectivity index is 0.000000980. The molecule has 1 aliphatic heterocycles. The molecule has 2 rings (SSSR count). The van der Waals surface area contributed by atoms with E-state index >= 15 is 0 Å². The van der Waals surface area contributed by atoms with Crippen LogP contribution in [0.5, 0.6) is 0 Å². The maximum atomic E-state index is 11.1. The summed E-state index contributed by atoms with van der Waals surface area (Å²) in [6, 6.07) is 0. The van der Waals surface area contributed by atoms with Crippen molar-refractivity contribution in [3.63, 3.8) is 0 Å². The summed E-state index contributed by atoms with van der Waals surface area (Å²) in [5.74, 6) is 0.288. The number of nitrogens with one attached hydrogen (secondary N) is 1. The fourth-order valence-corrected chi connectivity index (χ4v) is 2.92. The van der Waals surface area contributed by atoms with Crippen molar-refractivity contribution < 1.29 is 9.90 Å². The molecule has 1 heterocycles. The molecule has 1 aliphatic carbocycles. The van der Waals surface area contributed by atoms with E-state index in [9.17, 15) is 4.79 Å². The fraction of sp³-hybridized carbons (Fsp3) is 0.900. The van der Waals surface area contributed by atoms with Crippen molar-refractivity contribution in [2.45, 2.75) is 38.1 Å². The Morgan fingerprint density at radius 3 is 2.71 bits per heavy atom. The lowest BCUT2D eigenvalue weighted by atomic mass is 9.73. The van der Waals surface area contributed by atoms with Gasteiger partial charge in [0.2, 0.25) is 0 Å². The molecule has 0 radical (unpaired) electrons. The molecule has 2 fully saturated rings. The van der Waals surface area contributed by atoms with Gasteiger partial charge < -0.3 is 10.4 Å². The number of hydrogen-bond acceptors (Lipinski definition) is 2. The van der Waals surface area contributed by atoms with Gasteiger partial charge in [0.25, 0.3) is 0 Å². The monoisotopic (exact) mass is 219 g/mol. The molecule has 3 unspecified atom stereocenters. The second-order valence-corrected chi connectivity index (χ2v) is 4.54. The zero-order valence-corrected chi connectivity index (χ0v) is 9.27. The second kappa shape index (κ2) is 4.07. The van der Waals surface area contributed by atoms with Crippen LogP contribution < -0.4 is 5.32 Å². The number of carboxylic acids is 1. The Kier molecular flexibility index (Phi) is 3.43. The zero-order valence-electron chi connectivity index (χ0n) is 8.45. The van der Waals surface area contributed by atoms with Crippen LogP contribution in [0.3, 0.4) is 0 Å². The fourth-order valence-electron chi connectivity index (χ4n) is 2.92. The highest BCUT2D eigenvalue weighted by molar-refractivity contribution is 5.85. The Morgan fingerprint density at radius 1 is 1.43 bits per heavy atom. The Bertz CT molecular complexity index is 234. The van der Waals surface area contributed by atoms with E-state index in [-0.39, 0.29) is 12.4 Å². The minimum atomic E-state index is -0.679. The van der Waals surface area contributed by atoms with Crippen molar-refractivity contribution in [1.82, 2.24) is 5.32 Å². The number of carboxylic acid groups (broad SMARTS) is 1. The highest BCUT2D eigenvalue weighted by Crippen LogP contribution is 2.41. The molecular weight excluding hydrogens is 202 g/mol. The third-order valence-corrected chi connectivity index (χ3v) is 3.83. The van der Waals surface area contributed by atoms with Crippen LogP contribution in [-0.4, -0.2) is 23.2 Å². The predicted octanol–water partition coefficient (Wildman–Crippen LogP) is 1.66. The van der Waals surface area contributed by atoms with Gasteiger partial charge in [0.05, 0.1) is 0 Å². The van der Waals surface area contributed by atoms with Crippen LogP contribution in [0.25, 0.3) is 0 Å². The summed E-state index contributed by atoms with van der Waals surface area (Å²) in [5, 5.41) is 12.3. The number of fused-ring (bicyclic) bond motifs is 1. The third kappa shape index (κ3) is 1.63. The maximum Gasteiger partial charge on any atom is 0.323 e. The molecule has 1 saturated heterocycles. The van der Waals surface area contributed by atoms with Crippen LogP contribution in [0.15, 0.2) is 0 Å². The molecule has 3 atom stereocenters. The minimum Gasteiger partial charge on any atom is -0.480 e. The van der Waals surface area contributed by atoms with Crippen LogP contribution in [0.4, 0.5) is 0 Å². The standard InChI is InChI=1S/C10H17NO2.ClH/c1-10(9(12)13)8-5-3-2-4-7(8)6-11-10;/h7-8,11H,2-6H2,1H3,(H,12,13);1H. The summed E-state index contributed by atoms with van der Waals surface area (Å²) >= 11 is 0. The zero-order chi connectivity index (χ0) is 9.47. The van der Waals surface area contributed by atoms with Crippen LogP contribution in [0.1, 0.15) is 32.6 Å². The van der Waals surface area contributed by atoms with E-state index in [4.69, 9.17) is 5.11 Å². The van der Waals surface area contributed by atoms with Crippen LogP contribution in [0, 0.1) is 11.8 Å². The first kappa shape index (κ1) is 11.8. The first-order chi connectivity index (χ1) is 6.14. The average molecular weight is 220 g/mol. The van der Waals surface area contributed by atoms with Crippen LogP contribution in [0.2, 0.25) is 0 Å².